The molecule has 3 aromatic heterocycles. The van der Waals surface area contributed by atoms with E-state index in [-0.39, 0.29) is 19.5 Å². The van der Waals surface area contributed by atoms with E-state index in [2.05, 4.69) is 10.6 Å². The summed E-state index contributed by atoms with van der Waals surface area (Å²) >= 11 is 0. The SMILES string of the molecule is FC(F)(F)c1ccc(Nc2c3nc(c(-c4ccccc4)c4ccc([n-]4)c(Nc4ccc(C(F)(F)F)cc4)c4nc(c(-c5ccccc5)c5ccc2[n-]5)C=C4)C=C3)cc1.[Zn+2]. The second-order valence-electron chi connectivity index (χ2n) is 13.5. The van der Waals surface area contributed by atoms with Gasteiger partial charge in [0.2, 0.25) is 0 Å². The van der Waals surface area contributed by atoms with E-state index in [0.29, 0.717) is 78.7 Å². The molecule has 6 nitrogen and oxygen atoms in total. The van der Waals surface area contributed by atoms with Crippen molar-refractivity contribution < 1.29 is 45.8 Å². The molecule has 2 aliphatic heterocycles. The average molecular weight is 844 g/mol. The topological polar surface area (TPSA) is 78.0 Å². The minimum atomic E-state index is -4.49. The molecule has 4 aromatic carbocycles. The largest absolute Gasteiger partial charge is 2.00 e. The van der Waals surface area contributed by atoms with Crippen LogP contribution in [0.15, 0.2) is 133 Å². The van der Waals surface area contributed by atoms with E-state index < -0.39 is 23.5 Å². The molecule has 0 atom stereocenters. The molecule has 59 heavy (non-hydrogen) atoms. The number of nitrogens with one attached hydrogen (secondary N) is 2. The number of hydrogen-bond acceptors (Lipinski definition) is 4. The van der Waals surface area contributed by atoms with Crippen molar-refractivity contribution in [3.63, 3.8) is 0 Å². The molecule has 9 rings (SSSR count). The van der Waals surface area contributed by atoms with Gasteiger partial charge >= 0.3 is 31.8 Å². The summed E-state index contributed by atoms with van der Waals surface area (Å²) in [5.41, 5.74) is 7.42. The zero-order valence-electron chi connectivity index (χ0n) is 30.8. The van der Waals surface area contributed by atoms with Crippen LogP contribution >= 0.6 is 0 Å². The van der Waals surface area contributed by atoms with Crippen LogP contribution in [0.2, 0.25) is 0 Å². The minimum absolute atomic E-state index is 0. The van der Waals surface area contributed by atoms with Gasteiger partial charge in [-0.25, -0.2) is 9.97 Å². The van der Waals surface area contributed by atoms with Crippen LogP contribution in [0.4, 0.5) is 49.1 Å². The first-order valence-electron chi connectivity index (χ1n) is 18.0. The summed E-state index contributed by atoms with van der Waals surface area (Å²) < 4.78 is 80.9. The van der Waals surface area contributed by atoms with Crippen LogP contribution in [0, 0.1) is 0 Å². The third kappa shape index (κ3) is 7.94. The molecular formula is C46H28F6N6Zn. The molecule has 5 heterocycles. The number of aromatic nitrogens is 4. The van der Waals surface area contributed by atoms with E-state index in [9.17, 15) is 26.3 Å². The molecule has 286 valence electrons. The standard InChI is InChI=1S/C46H28F6N6.Zn/c47-45(48,49)29-11-15-31(16-12-29)53-43-37-23-19-33(55-37)41(27-7-3-1-4-8-27)34-20-24-38(56-34)44(54-32-17-13-30(14-18-32)46(50,51)52)40-26-22-36(58-40)42(28-9-5-2-6-10-28)35-21-25-39(43)57-35;/h1-26,53-54H;/q-2;+2. The Bertz CT molecular complexity index is 2700. The molecule has 0 saturated carbocycles. The number of fused-ring (bicyclic) bond motifs is 8. The second kappa shape index (κ2) is 15.6. The van der Waals surface area contributed by atoms with E-state index in [1.807, 2.05) is 109 Å². The number of alkyl halides is 6. The van der Waals surface area contributed by atoms with Crippen LogP contribution in [0.5, 0.6) is 0 Å². The maximum absolute atomic E-state index is 13.5. The van der Waals surface area contributed by atoms with Gasteiger partial charge in [-0.3, -0.25) is 0 Å². The molecular weight excluding hydrogens is 816 g/mol. The van der Waals surface area contributed by atoms with Crippen molar-refractivity contribution in [3.8, 4) is 22.3 Å². The van der Waals surface area contributed by atoms with Gasteiger partial charge in [0, 0.05) is 22.7 Å². The number of anilines is 4. The Hall–Kier alpha value is -6.72. The van der Waals surface area contributed by atoms with E-state index in [1.54, 1.807) is 0 Å². The zero-order valence-corrected chi connectivity index (χ0v) is 33.7. The van der Waals surface area contributed by atoms with Gasteiger partial charge in [-0.15, -0.1) is 22.1 Å². The fraction of sp³-hybridized carbons (Fsp3) is 0.0435. The summed E-state index contributed by atoms with van der Waals surface area (Å²) in [5.74, 6) is 0. The Balaban J connectivity index is 0.00000484. The Kier molecular flexibility index (Phi) is 10.3. The van der Waals surface area contributed by atoms with E-state index >= 15 is 0 Å². The smallest absolute Gasteiger partial charge is 0.656 e. The van der Waals surface area contributed by atoms with Crippen LogP contribution in [0.3, 0.4) is 0 Å². The Morgan fingerprint density at radius 3 is 1.08 bits per heavy atom. The second-order valence-corrected chi connectivity index (χ2v) is 13.5. The van der Waals surface area contributed by atoms with Crippen molar-refractivity contribution in [1.82, 2.24) is 19.9 Å². The first-order valence-corrected chi connectivity index (χ1v) is 18.0. The molecule has 7 aromatic rings. The third-order valence-electron chi connectivity index (χ3n) is 9.70. The van der Waals surface area contributed by atoms with Gasteiger partial charge in [-0.05, 0) is 95.1 Å². The molecule has 13 heteroatoms. The monoisotopic (exact) mass is 842 g/mol. The molecule has 0 spiro atoms. The summed E-state index contributed by atoms with van der Waals surface area (Å²) in [4.78, 5) is 20.3. The summed E-state index contributed by atoms with van der Waals surface area (Å²) in [5, 5.41) is 6.61. The summed E-state index contributed by atoms with van der Waals surface area (Å²) in [6.45, 7) is 0. The number of halogens is 6. The molecule has 0 fully saturated rings. The first-order chi connectivity index (χ1) is 28.0. The minimum Gasteiger partial charge on any atom is -0.656 e. The Labute approximate surface area is 346 Å². The normalized spacial score (nSPS) is 12.3. The number of benzene rings is 4. The molecule has 2 N–H and O–H groups in total. The number of nitrogens with zero attached hydrogens (tertiary/aromatic N) is 4. The summed E-state index contributed by atoms with van der Waals surface area (Å²) in [6, 6.07) is 36.0. The van der Waals surface area contributed by atoms with Gasteiger partial charge in [-0.2, -0.15) is 26.3 Å². The summed E-state index contributed by atoms with van der Waals surface area (Å²) in [6.07, 6.45) is -1.66. The van der Waals surface area contributed by atoms with Gasteiger partial charge in [0.25, 0.3) is 0 Å². The van der Waals surface area contributed by atoms with Crippen molar-refractivity contribution >= 4 is 69.1 Å². The molecule has 0 radical (unpaired) electrons. The van der Waals surface area contributed by atoms with Crippen LogP contribution in [-0.2, 0) is 31.8 Å². The van der Waals surface area contributed by atoms with Gasteiger partial charge < -0.3 is 20.6 Å². The predicted octanol–water partition coefficient (Wildman–Crippen LogP) is 12.8. The molecule has 2 aliphatic rings. The van der Waals surface area contributed by atoms with Gasteiger partial charge in [0.1, 0.15) is 0 Å². The molecule has 0 unspecified atom stereocenters. The third-order valence-corrected chi connectivity index (χ3v) is 9.70. The van der Waals surface area contributed by atoms with E-state index in [0.717, 1.165) is 35.4 Å². The maximum Gasteiger partial charge on any atom is 2.00 e. The van der Waals surface area contributed by atoms with Crippen molar-refractivity contribution in [3.05, 3.63) is 167 Å². The van der Waals surface area contributed by atoms with Gasteiger partial charge in [0.15, 0.2) is 0 Å². The van der Waals surface area contributed by atoms with Crippen molar-refractivity contribution in [1.29, 1.82) is 0 Å². The first kappa shape index (κ1) is 39.1. The van der Waals surface area contributed by atoms with Gasteiger partial charge in [-0.1, -0.05) is 84.9 Å². The molecule has 0 aliphatic carbocycles. The van der Waals surface area contributed by atoms with Crippen molar-refractivity contribution in [2.24, 2.45) is 0 Å². The van der Waals surface area contributed by atoms with E-state index in [1.165, 1.54) is 24.3 Å². The molecule has 0 saturated heterocycles. The summed E-state index contributed by atoms with van der Waals surface area (Å²) in [7, 11) is 0. The Morgan fingerprint density at radius 1 is 0.390 bits per heavy atom. The van der Waals surface area contributed by atoms with Crippen molar-refractivity contribution in [2.45, 2.75) is 12.4 Å². The quantitative estimate of drug-likeness (QED) is 0.128. The molecule has 8 bridgehead atoms. The fourth-order valence-electron chi connectivity index (χ4n) is 6.92. The van der Waals surface area contributed by atoms with Gasteiger partial charge in [0.05, 0.1) is 33.9 Å². The number of rotatable bonds is 6. The number of hydrogen-bond donors (Lipinski definition) is 2. The predicted molar refractivity (Wildman–Crippen MR) is 217 cm³/mol. The van der Waals surface area contributed by atoms with Crippen LogP contribution in [-0.4, -0.2) is 9.97 Å². The fourth-order valence-corrected chi connectivity index (χ4v) is 6.92. The average Bonchev–Trinajstić information content (AvgIpc) is 4.06. The van der Waals surface area contributed by atoms with Crippen molar-refractivity contribution in [2.75, 3.05) is 10.6 Å². The van der Waals surface area contributed by atoms with Crippen LogP contribution in [0.1, 0.15) is 33.9 Å². The maximum atomic E-state index is 13.5. The zero-order chi connectivity index (χ0) is 40.0. The van der Waals surface area contributed by atoms with Crippen LogP contribution in [0.25, 0.3) is 68.6 Å². The van der Waals surface area contributed by atoms with Crippen LogP contribution < -0.4 is 20.6 Å². The Morgan fingerprint density at radius 2 is 0.729 bits per heavy atom. The van der Waals surface area contributed by atoms with E-state index in [4.69, 9.17) is 19.9 Å². The molecule has 0 amide bonds.